The van der Waals surface area contributed by atoms with Gasteiger partial charge in [0.15, 0.2) is 0 Å². The molecule has 0 bridgehead atoms. The van der Waals surface area contributed by atoms with Gasteiger partial charge in [0, 0.05) is 6.54 Å². The highest BCUT2D eigenvalue weighted by Crippen LogP contribution is 2.20. The number of nitrogens with one attached hydrogen (secondary N) is 3. The summed E-state index contributed by atoms with van der Waals surface area (Å²) in [5, 5.41) is 26.9. The molecule has 0 spiro atoms. The van der Waals surface area contributed by atoms with E-state index in [1.165, 1.54) is 18.7 Å². The number of rotatable bonds is 7. The van der Waals surface area contributed by atoms with Gasteiger partial charge in [0.1, 0.15) is 18.1 Å². The predicted octanol–water partition coefficient (Wildman–Crippen LogP) is -1.82. The average Bonchev–Trinajstić information content (AvgIpc) is 3.29. The largest absolute Gasteiger partial charge is 0.480 e. The van der Waals surface area contributed by atoms with E-state index in [1.807, 2.05) is 0 Å². The molecule has 5 atom stereocenters. The van der Waals surface area contributed by atoms with Gasteiger partial charge >= 0.3 is 5.97 Å². The maximum absolute atomic E-state index is 12.9. The summed E-state index contributed by atoms with van der Waals surface area (Å²) in [7, 11) is 0. The van der Waals surface area contributed by atoms with Crippen molar-refractivity contribution in [1.29, 1.82) is 0 Å². The van der Waals surface area contributed by atoms with Crippen LogP contribution in [0.2, 0.25) is 0 Å². The second-order valence-electron chi connectivity index (χ2n) is 7.13. The second-order valence-corrected chi connectivity index (χ2v) is 7.13. The van der Waals surface area contributed by atoms with Crippen LogP contribution in [0.5, 0.6) is 0 Å². The number of likely N-dealkylation sites (tertiary alicyclic amines) is 1. The third-order valence-electron chi connectivity index (χ3n) is 4.99. The van der Waals surface area contributed by atoms with Gasteiger partial charge in [-0.15, -0.1) is 0 Å². The Bertz CT molecular complexity index is 590. The fraction of sp³-hybridized carbons (Fsp3) is 0.765. The zero-order valence-corrected chi connectivity index (χ0v) is 15.6. The van der Waals surface area contributed by atoms with Gasteiger partial charge in [0.25, 0.3) is 0 Å². The number of amides is 3. The van der Waals surface area contributed by atoms with Gasteiger partial charge in [0.2, 0.25) is 17.7 Å². The molecule has 2 aliphatic heterocycles. The summed E-state index contributed by atoms with van der Waals surface area (Å²) in [4.78, 5) is 49.8. The number of carboxylic acid groups (broad SMARTS) is 1. The van der Waals surface area contributed by atoms with E-state index in [1.54, 1.807) is 0 Å². The van der Waals surface area contributed by atoms with Gasteiger partial charge in [0.05, 0.1) is 12.1 Å². The summed E-state index contributed by atoms with van der Waals surface area (Å²) < 4.78 is 0. The number of carboxylic acids is 1. The summed E-state index contributed by atoms with van der Waals surface area (Å²) in [5.74, 6) is -2.62. The number of hydrogen-bond donors (Lipinski definition) is 5. The van der Waals surface area contributed by atoms with Gasteiger partial charge in [-0.3, -0.25) is 19.2 Å². The van der Waals surface area contributed by atoms with Crippen molar-refractivity contribution >= 4 is 23.7 Å². The molecule has 2 aliphatic rings. The van der Waals surface area contributed by atoms with Crippen molar-refractivity contribution in [2.75, 3.05) is 13.1 Å². The molecule has 10 nitrogen and oxygen atoms in total. The van der Waals surface area contributed by atoms with Gasteiger partial charge in [-0.1, -0.05) is 0 Å². The first kappa shape index (κ1) is 21.1. The molecule has 2 saturated heterocycles. The lowest BCUT2D eigenvalue weighted by Gasteiger charge is -2.30. The van der Waals surface area contributed by atoms with Crippen molar-refractivity contribution in [3.05, 3.63) is 0 Å². The van der Waals surface area contributed by atoms with Gasteiger partial charge in [-0.2, -0.15) is 0 Å². The van der Waals surface area contributed by atoms with Crippen LogP contribution in [0.25, 0.3) is 0 Å². The number of aliphatic hydroxyl groups excluding tert-OH is 1. The molecule has 2 fully saturated rings. The molecule has 0 aromatic carbocycles. The fourth-order valence-electron chi connectivity index (χ4n) is 3.40. The molecule has 5 unspecified atom stereocenters. The van der Waals surface area contributed by atoms with Crippen LogP contribution in [0.15, 0.2) is 0 Å². The fourth-order valence-corrected chi connectivity index (χ4v) is 3.40. The maximum atomic E-state index is 12.9. The zero-order valence-electron chi connectivity index (χ0n) is 15.6. The van der Waals surface area contributed by atoms with Crippen molar-refractivity contribution in [2.24, 2.45) is 0 Å². The van der Waals surface area contributed by atoms with Crippen molar-refractivity contribution in [3.63, 3.8) is 0 Å². The number of aliphatic hydroxyl groups is 1. The van der Waals surface area contributed by atoms with Crippen LogP contribution in [-0.4, -0.2) is 82.2 Å². The topological polar surface area (TPSA) is 148 Å². The Morgan fingerprint density at radius 3 is 2.33 bits per heavy atom. The Labute approximate surface area is 157 Å². The number of aliphatic carboxylic acids is 1. The molecule has 0 radical (unpaired) electrons. The number of carbonyl (C=O) groups is 4. The Hall–Kier alpha value is -2.20. The van der Waals surface area contributed by atoms with Crippen molar-refractivity contribution < 1.29 is 29.4 Å². The van der Waals surface area contributed by atoms with E-state index in [0.717, 1.165) is 13.0 Å². The Morgan fingerprint density at radius 1 is 1.07 bits per heavy atom. The van der Waals surface area contributed by atoms with Gasteiger partial charge in [-0.05, 0) is 46.1 Å². The lowest BCUT2D eigenvalue weighted by Crippen LogP contribution is -2.59. The minimum absolute atomic E-state index is 0.305. The van der Waals surface area contributed by atoms with Crippen LogP contribution < -0.4 is 16.0 Å². The van der Waals surface area contributed by atoms with Gasteiger partial charge in [-0.25, -0.2) is 0 Å². The summed E-state index contributed by atoms with van der Waals surface area (Å²) in [5.41, 5.74) is 0. The minimum Gasteiger partial charge on any atom is -0.480 e. The lowest BCUT2D eigenvalue weighted by atomic mass is 10.1. The molecule has 2 heterocycles. The highest BCUT2D eigenvalue weighted by Gasteiger charge is 2.40. The molecule has 2 rings (SSSR count). The second kappa shape index (κ2) is 9.14. The summed E-state index contributed by atoms with van der Waals surface area (Å²) in [6.07, 6.45) is 1.37. The number of hydrogen-bond acceptors (Lipinski definition) is 6. The molecule has 5 N–H and O–H groups in total. The van der Waals surface area contributed by atoms with Crippen LogP contribution in [0, 0.1) is 0 Å². The first-order valence-electron chi connectivity index (χ1n) is 9.28. The summed E-state index contributed by atoms with van der Waals surface area (Å²) in [6, 6.07) is -3.45. The maximum Gasteiger partial charge on any atom is 0.325 e. The normalized spacial score (nSPS) is 25.5. The van der Waals surface area contributed by atoms with Crippen LogP contribution in [-0.2, 0) is 19.2 Å². The molecular formula is C17H28N4O6. The number of carbonyl (C=O) groups excluding carboxylic acids is 3. The lowest BCUT2D eigenvalue weighted by molar-refractivity contribution is -0.145. The van der Waals surface area contributed by atoms with E-state index in [0.29, 0.717) is 25.8 Å². The Kier molecular flexibility index (Phi) is 7.14. The van der Waals surface area contributed by atoms with Crippen molar-refractivity contribution in [1.82, 2.24) is 20.9 Å². The highest BCUT2D eigenvalue weighted by molar-refractivity contribution is 5.94. The molecule has 10 heteroatoms. The van der Waals surface area contributed by atoms with E-state index >= 15 is 0 Å². The molecule has 3 amide bonds. The molecule has 27 heavy (non-hydrogen) atoms. The standard InChI is InChI=1S/C17H28N4O6/c1-9(17(26)27)19-15(24)12-6-4-8-21(12)16(25)13(10(2)22)20-14(23)11-5-3-7-18-11/h9-13,18,22H,3-8H2,1-2H3,(H,19,24)(H,20,23)(H,26,27). The average molecular weight is 384 g/mol. The first-order chi connectivity index (χ1) is 12.7. The third-order valence-corrected chi connectivity index (χ3v) is 4.99. The van der Waals surface area contributed by atoms with E-state index in [9.17, 15) is 24.3 Å². The van der Waals surface area contributed by atoms with Crippen LogP contribution >= 0.6 is 0 Å². The number of nitrogens with zero attached hydrogens (tertiary/aromatic N) is 1. The minimum atomic E-state index is -1.17. The Morgan fingerprint density at radius 2 is 1.78 bits per heavy atom. The van der Waals surface area contributed by atoms with E-state index in [4.69, 9.17) is 5.11 Å². The third kappa shape index (κ3) is 5.16. The van der Waals surface area contributed by atoms with Crippen LogP contribution in [0.1, 0.15) is 39.5 Å². The van der Waals surface area contributed by atoms with E-state index in [-0.39, 0.29) is 5.91 Å². The van der Waals surface area contributed by atoms with Crippen LogP contribution in [0.3, 0.4) is 0 Å². The molecule has 152 valence electrons. The van der Waals surface area contributed by atoms with E-state index in [2.05, 4.69) is 16.0 Å². The molecular weight excluding hydrogens is 356 g/mol. The SMILES string of the molecule is CC(NC(=O)C1CCCN1C(=O)C(NC(=O)C1CCCN1)C(C)O)C(=O)O. The molecule has 0 aliphatic carbocycles. The van der Waals surface area contributed by atoms with E-state index < -0.39 is 48.1 Å². The monoisotopic (exact) mass is 384 g/mol. The first-order valence-corrected chi connectivity index (χ1v) is 9.28. The smallest absolute Gasteiger partial charge is 0.325 e. The zero-order chi connectivity index (χ0) is 20.1. The summed E-state index contributed by atoms with van der Waals surface area (Å²) in [6.45, 7) is 3.78. The molecule has 0 aromatic heterocycles. The molecule has 0 saturated carbocycles. The highest BCUT2D eigenvalue weighted by atomic mass is 16.4. The predicted molar refractivity (Wildman–Crippen MR) is 94.6 cm³/mol. The molecule has 0 aromatic rings. The van der Waals surface area contributed by atoms with Crippen LogP contribution in [0.4, 0.5) is 0 Å². The summed E-state index contributed by atoms with van der Waals surface area (Å²) >= 11 is 0. The van der Waals surface area contributed by atoms with Gasteiger partial charge < -0.3 is 31.1 Å². The van der Waals surface area contributed by atoms with Crippen molar-refractivity contribution in [3.8, 4) is 0 Å². The van der Waals surface area contributed by atoms with Crippen molar-refractivity contribution in [2.45, 2.75) is 69.8 Å². The Balaban J connectivity index is 2.05. The quantitative estimate of drug-likeness (QED) is 0.347.